The van der Waals surface area contributed by atoms with Gasteiger partial charge < -0.3 is 5.32 Å². The predicted molar refractivity (Wildman–Crippen MR) is 132 cm³/mol. The van der Waals surface area contributed by atoms with Crippen LogP contribution in [-0.2, 0) is 10.0 Å². The molecule has 5 nitrogen and oxygen atoms in total. The summed E-state index contributed by atoms with van der Waals surface area (Å²) in [6.07, 6.45) is 0. The first-order chi connectivity index (χ1) is 15.5. The van der Waals surface area contributed by atoms with E-state index in [2.05, 4.69) is 10.0 Å². The van der Waals surface area contributed by atoms with Crippen LogP contribution in [-0.4, -0.2) is 20.1 Å². The van der Waals surface area contributed by atoms with Crippen LogP contribution in [0.5, 0.6) is 0 Å². The number of amides is 1. The third-order valence-electron chi connectivity index (χ3n) is 4.89. The minimum Gasteiger partial charge on any atom is -0.322 e. The van der Waals surface area contributed by atoms with Crippen LogP contribution in [0.15, 0.2) is 101 Å². The number of hydrogen-bond acceptors (Lipinski definition) is 4. The van der Waals surface area contributed by atoms with Crippen molar-refractivity contribution in [2.24, 2.45) is 0 Å². The van der Waals surface area contributed by atoms with Gasteiger partial charge in [-0.05, 0) is 53.6 Å². The number of thioether (sulfide) groups is 1. The molecule has 0 radical (unpaired) electrons. The van der Waals surface area contributed by atoms with E-state index in [0.717, 1.165) is 21.4 Å². The van der Waals surface area contributed by atoms with Crippen LogP contribution in [0, 0.1) is 0 Å². The van der Waals surface area contributed by atoms with Gasteiger partial charge in [0.2, 0.25) is 0 Å². The molecule has 4 aromatic rings. The first-order valence-corrected chi connectivity index (χ1v) is 12.6. The van der Waals surface area contributed by atoms with E-state index in [1.807, 2.05) is 61.5 Å². The maximum atomic E-state index is 12.9. The van der Waals surface area contributed by atoms with Crippen molar-refractivity contribution in [3.63, 3.8) is 0 Å². The first-order valence-electron chi connectivity index (χ1n) is 10.1. The number of anilines is 2. The van der Waals surface area contributed by atoms with Gasteiger partial charge in [-0.2, -0.15) is 0 Å². The molecule has 1 amide bonds. The Hall–Kier alpha value is -3.29. The monoisotopic (exact) mass is 462 g/mol. The second kappa shape index (κ2) is 9.46. The molecule has 0 aliphatic rings. The molecule has 7 heteroatoms. The number of carbonyl (C=O) groups excluding carboxylic acids is 1. The maximum absolute atomic E-state index is 12.9. The molecule has 162 valence electrons. The van der Waals surface area contributed by atoms with Gasteiger partial charge in [-0.1, -0.05) is 55.5 Å². The van der Waals surface area contributed by atoms with E-state index in [1.165, 1.54) is 12.1 Å². The van der Waals surface area contributed by atoms with E-state index >= 15 is 0 Å². The van der Waals surface area contributed by atoms with Crippen molar-refractivity contribution in [2.75, 3.05) is 15.8 Å². The molecule has 0 spiro atoms. The Bertz CT molecular complexity index is 1360. The average molecular weight is 463 g/mol. The first kappa shape index (κ1) is 21.9. The van der Waals surface area contributed by atoms with Crippen molar-refractivity contribution in [1.29, 1.82) is 0 Å². The topological polar surface area (TPSA) is 75.3 Å². The number of fused-ring (bicyclic) bond motifs is 1. The van der Waals surface area contributed by atoms with Crippen molar-refractivity contribution >= 4 is 49.8 Å². The zero-order valence-electron chi connectivity index (χ0n) is 17.4. The molecule has 0 saturated carbocycles. The van der Waals surface area contributed by atoms with Gasteiger partial charge in [0.1, 0.15) is 0 Å². The highest BCUT2D eigenvalue weighted by Gasteiger charge is 2.16. The molecule has 0 heterocycles. The minimum atomic E-state index is -3.78. The third kappa shape index (κ3) is 4.79. The zero-order valence-corrected chi connectivity index (χ0v) is 19.0. The molecular formula is C25H22N2O3S2. The van der Waals surface area contributed by atoms with E-state index in [9.17, 15) is 13.2 Å². The van der Waals surface area contributed by atoms with Gasteiger partial charge in [0, 0.05) is 16.0 Å². The number of hydrogen-bond donors (Lipinski definition) is 2. The molecular weight excluding hydrogens is 440 g/mol. The highest BCUT2D eigenvalue weighted by Crippen LogP contribution is 2.27. The Kier molecular flexibility index (Phi) is 6.48. The van der Waals surface area contributed by atoms with Gasteiger partial charge in [0.25, 0.3) is 15.9 Å². The molecule has 0 fully saturated rings. The Balaban J connectivity index is 1.52. The van der Waals surface area contributed by atoms with Gasteiger partial charge >= 0.3 is 0 Å². The predicted octanol–water partition coefficient (Wildman–Crippen LogP) is 6.00. The lowest BCUT2D eigenvalue weighted by Crippen LogP contribution is -2.15. The fourth-order valence-electron chi connectivity index (χ4n) is 3.37. The van der Waals surface area contributed by atoms with Crippen molar-refractivity contribution in [2.45, 2.75) is 16.7 Å². The van der Waals surface area contributed by atoms with Gasteiger partial charge in [0.05, 0.1) is 16.1 Å². The van der Waals surface area contributed by atoms with Gasteiger partial charge in [-0.25, -0.2) is 8.42 Å². The van der Waals surface area contributed by atoms with E-state index in [1.54, 1.807) is 36.0 Å². The molecule has 0 unspecified atom stereocenters. The fourth-order valence-corrected chi connectivity index (χ4v) is 5.25. The van der Waals surface area contributed by atoms with E-state index < -0.39 is 10.0 Å². The summed E-state index contributed by atoms with van der Waals surface area (Å²) in [5.41, 5.74) is 1.63. The highest BCUT2D eigenvalue weighted by molar-refractivity contribution is 7.99. The van der Waals surface area contributed by atoms with E-state index in [-0.39, 0.29) is 10.8 Å². The van der Waals surface area contributed by atoms with Crippen LogP contribution >= 0.6 is 11.8 Å². The molecule has 4 rings (SSSR count). The summed E-state index contributed by atoms with van der Waals surface area (Å²) < 4.78 is 28.5. The second-order valence-corrected chi connectivity index (χ2v) is 10.0. The third-order valence-corrected chi connectivity index (χ3v) is 7.23. The molecule has 0 bridgehead atoms. The smallest absolute Gasteiger partial charge is 0.261 e. The molecule has 0 saturated heterocycles. The molecule has 0 atom stereocenters. The zero-order chi connectivity index (χ0) is 22.6. The van der Waals surface area contributed by atoms with Crippen LogP contribution in [0.3, 0.4) is 0 Å². The van der Waals surface area contributed by atoms with E-state index in [4.69, 9.17) is 0 Å². The summed E-state index contributed by atoms with van der Waals surface area (Å²) in [6, 6.07) is 26.6. The van der Waals surface area contributed by atoms with Crippen LogP contribution < -0.4 is 10.0 Å². The molecule has 32 heavy (non-hydrogen) atoms. The summed E-state index contributed by atoms with van der Waals surface area (Å²) in [5, 5.41) is 4.62. The summed E-state index contributed by atoms with van der Waals surface area (Å²) in [5.74, 6) is 0.631. The molecule has 4 aromatic carbocycles. The number of nitrogens with one attached hydrogen (secondary N) is 2. The number of carbonyl (C=O) groups is 1. The maximum Gasteiger partial charge on any atom is 0.261 e. The molecule has 0 aromatic heterocycles. The summed E-state index contributed by atoms with van der Waals surface area (Å²) in [4.78, 5) is 13.7. The summed E-state index contributed by atoms with van der Waals surface area (Å²) in [7, 11) is -3.78. The average Bonchev–Trinajstić information content (AvgIpc) is 2.80. The van der Waals surface area contributed by atoms with Crippen molar-refractivity contribution in [3.8, 4) is 0 Å². The second-order valence-electron chi connectivity index (χ2n) is 7.04. The van der Waals surface area contributed by atoms with Crippen LogP contribution in [0.25, 0.3) is 10.8 Å². The normalized spacial score (nSPS) is 11.3. The largest absolute Gasteiger partial charge is 0.322 e. The van der Waals surface area contributed by atoms with Crippen molar-refractivity contribution in [3.05, 3.63) is 96.6 Å². The minimum absolute atomic E-state index is 0.116. The molecule has 2 N–H and O–H groups in total. The summed E-state index contributed by atoms with van der Waals surface area (Å²) >= 11 is 1.60. The number of benzene rings is 4. The lowest BCUT2D eigenvalue weighted by molar-refractivity contribution is 0.102. The Morgan fingerprint density at radius 3 is 2.31 bits per heavy atom. The summed E-state index contributed by atoms with van der Waals surface area (Å²) in [6.45, 7) is 2.03. The SMILES string of the molecule is CCSc1ccccc1C(=O)Nc1ccc(S(=O)(=O)Nc2cccc3ccccc23)cc1. The lowest BCUT2D eigenvalue weighted by atomic mass is 10.1. The number of rotatable bonds is 7. The Labute approximate surface area is 191 Å². The fraction of sp³-hybridized carbons (Fsp3) is 0.0800. The molecule has 0 aliphatic carbocycles. The van der Waals surface area contributed by atoms with Gasteiger partial charge in [0.15, 0.2) is 0 Å². The lowest BCUT2D eigenvalue weighted by Gasteiger charge is -2.12. The standard InChI is InChI=1S/C25H22N2O3S2/c1-2-31-24-13-6-5-11-22(24)25(28)26-19-14-16-20(17-15-19)32(29,30)27-23-12-7-9-18-8-3-4-10-21(18)23/h3-17,27H,2H2,1H3,(H,26,28). The van der Waals surface area contributed by atoms with Gasteiger partial charge in [-0.15, -0.1) is 11.8 Å². The van der Waals surface area contributed by atoms with Crippen LogP contribution in [0.1, 0.15) is 17.3 Å². The van der Waals surface area contributed by atoms with Crippen LogP contribution in [0.4, 0.5) is 11.4 Å². The number of sulfonamides is 1. The molecule has 0 aliphatic heterocycles. The van der Waals surface area contributed by atoms with Crippen molar-refractivity contribution < 1.29 is 13.2 Å². The van der Waals surface area contributed by atoms with Crippen molar-refractivity contribution in [1.82, 2.24) is 0 Å². The highest BCUT2D eigenvalue weighted by atomic mass is 32.2. The van der Waals surface area contributed by atoms with Crippen LogP contribution in [0.2, 0.25) is 0 Å². The Morgan fingerprint density at radius 1 is 0.844 bits per heavy atom. The Morgan fingerprint density at radius 2 is 1.53 bits per heavy atom. The quantitative estimate of drug-likeness (QED) is 0.330. The van der Waals surface area contributed by atoms with E-state index in [0.29, 0.717) is 16.9 Å². The van der Waals surface area contributed by atoms with Gasteiger partial charge in [-0.3, -0.25) is 9.52 Å².